The van der Waals surface area contributed by atoms with Crippen molar-refractivity contribution in [2.45, 2.75) is 54.1 Å². The molecule has 0 aromatic rings. The van der Waals surface area contributed by atoms with Crippen LogP contribution < -0.4 is 0 Å². The Hall–Kier alpha value is -0.560. The van der Waals surface area contributed by atoms with Crippen molar-refractivity contribution in [2.75, 3.05) is 0 Å². The SMILES string of the molecule is CC1C=CC(O)(C(C)(C)C)C(C(C)(C)C)=C1. The molecule has 0 aliphatic heterocycles. The van der Waals surface area contributed by atoms with Crippen LogP contribution in [0.2, 0.25) is 0 Å². The maximum atomic E-state index is 11.0. The first-order valence-electron chi connectivity index (χ1n) is 6.13. The molecule has 0 bridgehead atoms. The summed E-state index contributed by atoms with van der Waals surface area (Å²) in [6.45, 7) is 14.9. The Morgan fingerprint density at radius 1 is 1.12 bits per heavy atom. The van der Waals surface area contributed by atoms with E-state index in [2.05, 4.69) is 60.6 Å². The summed E-state index contributed by atoms with van der Waals surface area (Å²) in [4.78, 5) is 0. The standard InChI is InChI=1S/C15H26O/c1-11-8-9-15(16,14(5,6)7)12(10-11)13(2,3)4/h8-11,16H,1-7H3. The molecule has 1 N–H and O–H groups in total. The molecule has 2 unspecified atom stereocenters. The third-order valence-corrected chi connectivity index (χ3v) is 3.43. The van der Waals surface area contributed by atoms with Gasteiger partial charge in [0.15, 0.2) is 0 Å². The highest BCUT2D eigenvalue weighted by Crippen LogP contribution is 2.47. The van der Waals surface area contributed by atoms with Crippen LogP contribution in [0.5, 0.6) is 0 Å². The van der Waals surface area contributed by atoms with E-state index in [9.17, 15) is 5.11 Å². The fourth-order valence-electron chi connectivity index (χ4n) is 2.30. The first-order chi connectivity index (χ1) is 6.98. The molecule has 1 aliphatic rings. The van der Waals surface area contributed by atoms with Gasteiger partial charge in [0, 0.05) is 0 Å². The van der Waals surface area contributed by atoms with Crippen LogP contribution in [0.1, 0.15) is 48.5 Å². The minimum Gasteiger partial charge on any atom is -0.381 e. The molecule has 0 saturated carbocycles. The summed E-state index contributed by atoms with van der Waals surface area (Å²) in [5, 5.41) is 11.0. The molecule has 1 heteroatoms. The second-order valence-corrected chi connectivity index (χ2v) is 7.06. The van der Waals surface area contributed by atoms with Crippen LogP contribution in [0, 0.1) is 16.7 Å². The van der Waals surface area contributed by atoms with Crippen LogP contribution in [0.4, 0.5) is 0 Å². The molecular formula is C15H26O. The lowest BCUT2D eigenvalue weighted by atomic mass is 9.62. The summed E-state index contributed by atoms with van der Waals surface area (Å²) >= 11 is 0. The summed E-state index contributed by atoms with van der Waals surface area (Å²) < 4.78 is 0. The second kappa shape index (κ2) is 3.73. The number of allylic oxidation sites excluding steroid dienone is 2. The summed E-state index contributed by atoms with van der Waals surface area (Å²) in [6, 6.07) is 0. The molecule has 16 heavy (non-hydrogen) atoms. The highest BCUT2D eigenvalue weighted by atomic mass is 16.3. The molecular weight excluding hydrogens is 196 g/mol. The van der Waals surface area contributed by atoms with E-state index in [1.807, 2.05) is 6.08 Å². The summed E-state index contributed by atoms with van der Waals surface area (Å²) in [6.07, 6.45) is 6.30. The quantitative estimate of drug-likeness (QED) is 0.615. The van der Waals surface area contributed by atoms with Gasteiger partial charge in [-0.3, -0.25) is 0 Å². The fraction of sp³-hybridized carbons (Fsp3) is 0.733. The monoisotopic (exact) mass is 222 g/mol. The molecule has 0 heterocycles. The molecule has 2 atom stereocenters. The van der Waals surface area contributed by atoms with Crippen molar-refractivity contribution in [1.82, 2.24) is 0 Å². The molecule has 0 radical (unpaired) electrons. The van der Waals surface area contributed by atoms with Gasteiger partial charge < -0.3 is 5.11 Å². The lowest BCUT2D eigenvalue weighted by molar-refractivity contribution is 0.00278. The Morgan fingerprint density at radius 3 is 2.00 bits per heavy atom. The highest BCUT2D eigenvalue weighted by molar-refractivity contribution is 5.37. The van der Waals surface area contributed by atoms with E-state index in [0.717, 1.165) is 5.57 Å². The minimum atomic E-state index is -0.822. The van der Waals surface area contributed by atoms with Gasteiger partial charge in [0.1, 0.15) is 5.60 Å². The Morgan fingerprint density at radius 2 is 1.62 bits per heavy atom. The molecule has 1 rings (SSSR count). The zero-order valence-electron chi connectivity index (χ0n) is 11.8. The maximum Gasteiger partial charge on any atom is 0.109 e. The number of hydrogen-bond acceptors (Lipinski definition) is 1. The molecule has 0 aromatic heterocycles. The molecule has 1 nitrogen and oxygen atoms in total. The van der Waals surface area contributed by atoms with Crippen LogP contribution >= 0.6 is 0 Å². The summed E-state index contributed by atoms with van der Waals surface area (Å²) in [5.41, 5.74) is 0.143. The molecule has 0 aromatic carbocycles. The largest absolute Gasteiger partial charge is 0.381 e. The van der Waals surface area contributed by atoms with Gasteiger partial charge in [-0.25, -0.2) is 0 Å². The average Bonchev–Trinajstić information content (AvgIpc) is 2.05. The van der Waals surface area contributed by atoms with Crippen molar-refractivity contribution in [1.29, 1.82) is 0 Å². The van der Waals surface area contributed by atoms with Gasteiger partial charge in [-0.15, -0.1) is 0 Å². The van der Waals surface area contributed by atoms with E-state index in [-0.39, 0.29) is 10.8 Å². The van der Waals surface area contributed by atoms with Crippen molar-refractivity contribution in [3.05, 3.63) is 23.8 Å². The normalized spacial score (nSPS) is 31.5. The first kappa shape index (κ1) is 13.5. The smallest absolute Gasteiger partial charge is 0.109 e. The minimum absolute atomic E-state index is 0.00104. The molecule has 0 spiro atoms. The van der Waals surface area contributed by atoms with E-state index in [4.69, 9.17) is 0 Å². The predicted molar refractivity (Wildman–Crippen MR) is 70.2 cm³/mol. The van der Waals surface area contributed by atoms with Crippen LogP contribution in [0.25, 0.3) is 0 Å². The lowest BCUT2D eigenvalue weighted by Gasteiger charge is -2.47. The summed E-state index contributed by atoms with van der Waals surface area (Å²) in [7, 11) is 0. The molecule has 1 aliphatic carbocycles. The van der Waals surface area contributed by atoms with Gasteiger partial charge in [0.2, 0.25) is 0 Å². The maximum absolute atomic E-state index is 11.0. The van der Waals surface area contributed by atoms with Gasteiger partial charge in [-0.1, -0.05) is 66.7 Å². The number of rotatable bonds is 0. The van der Waals surface area contributed by atoms with Crippen molar-refractivity contribution in [3.63, 3.8) is 0 Å². The number of hydrogen-bond donors (Lipinski definition) is 1. The Kier molecular flexibility index (Phi) is 3.15. The summed E-state index contributed by atoms with van der Waals surface area (Å²) in [5.74, 6) is 0.414. The number of aliphatic hydroxyl groups is 1. The Labute approximate surface area is 100 Å². The van der Waals surface area contributed by atoms with Gasteiger partial charge in [-0.2, -0.15) is 0 Å². The van der Waals surface area contributed by atoms with Crippen LogP contribution in [0.15, 0.2) is 23.8 Å². The zero-order chi connectivity index (χ0) is 12.8. The van der Waals surface area contributed by atoms with Gasteiger partial charge >= 0.3 is 0 Å². The predicted octanol–water partition coefficient (Wildman–Crippen LogP) is 3.94. The molecule has 0 saturated heterocycles. The van der Waals surface area contributed by atoms with Crippen molar-refractivity contribution in [3.8, 4) is 0 Å². The molecule has 0 amide bonds. The Bertz CT molecular complexity index is 322. The first-order valence-corrected chi connectivity index (χ1v) is 6.13. The van der Waals surface area contributed by atoms with Gasteiger partial charge in [0.05, 0.1) is 0 Å². The van der Waals surface area contributed by atoms with Crippen molar-refractivity contribution in [2.24, 2.45) is 16.7 Å². The fourth-order valence-corrected chi connectivity index (χ4v) is 2.30. The van der Waals surface area contributed by atoms with E-state index < -0.39 is 5.60 Å². The van der Waals surface area contributed by atoms with E-state index >= 15 is 0 Å². The third-order valence-electron chi connectivity index (χ3n) is 3.43. The van der Waals surface area contributed by atoms with Crippen LogP contribution in [-0.4, -0.2) is 10.7 Å². The second-order valence-electron chi connectivity index (χ2n) is 7.06. The van der Waals surface area contributed by atoms with E-state index in [0.29, 0.717) is 5.92 Å². The van der Waals surface area contributed by atoms with Crippen LogP contribution in [0.3, 0.4) is 0 Å². The van der Waals surface area contributed by atoms with Crippen LogP contribution in [-0.2, 0) is 0 Å². The van der Waals surface area contributed by atoms with Gasteiger partial charge in [-0.05, 0) is 22.3 Å². The Balaban J connectivity index is 3.30. The van der Waals surface area contributed by atoms with Crippen molar-refractivity contribution >= 4 is 0 Å². The van der Waals surface area contributed by atoms with E-state index in [1.54, 1.807) is 0 Å². The lowest BCUT2D eigenvalue weighted by Crippen LogP contribution is -2.47. The van der Waals surface area contributed by atoms with Gasteiger partial charge in [0.25, 0.3) is 0 Å². The zero-order valence-corrected chi connectivity index (χ0v) is 11.8. The topological polar surface area (TPSA) is 20.2 Å². The molecule has 92 valence electrons. The average molecular weight is 222 g/mol. The highest BCUT2D eigenvalue weighted by Gasteiger charge is 2.46. The van der Waals surface area contributed by atoms with E-state index in [1.165, 1.54) is 0 Å². The van der Waals surface area contributed by atoms with Crippen molar-refractivity contribution < 1.29 is 5.11 Å². The third kappa shape index (κ3) is 2.24. The molecule has 0 fully saturated rings.